The zero-order chi connectivity index (χ0) is 15.0. The summed E-state index contributed by atoms with van der Waals surface area (Å²) in [6, 6.07) is -0.121. The maximum absolute atomic E-state index is 11.7. The topological polar surface area (TPSA) is 78.4 Å². The van der Waals surface area contributed by atoms with E-state index in [1.54, 1.807) is 0 Å². The minimum absolute atomic E-state index is 0.121. The van der Waals surface area contributed by atoms with Crippen molar-refractivity contribution in [1.29, 1.82) is 0 Å². The molecule has 1 heterocycles. The number of carboxylic acids is 1. The highest BCUT2D eigenvalue weighted by Gasteiger charge is 2.29. The molecule has 1 rings (SSSR count). The maximum atomic E-state index is 11.7. The van der Waals surface area contributed by atoms with Crippen LogP contribution >= 0.6 is 11.8 Å². The van der Waals surface area contributed by atoms with Crippen LogP contribution in [-0.2, 0) is 4.79 Å². The number of hydrogen-bond acceptors (Lipinski definition) is 3. The van der Waals surface area contributed by atoms with E-state index >= 15 is 0 Å². The Balaban J connectivity index is 2.06. The summed E-state index contributed by atoms with van der Waals surface area (Å²) in [5.74, 6) is 0.736. The molecule has 0 saturated carbocycles. The van der Waals surface area contributed by atoms with Crippen molar-refractivity contribution >= 4 is 23.8 Å². The lowest BCUT2D eigenvalue weighted by atomic mass is 10.0. The zero-order valence-electron chi connectivity index (χ0n) is 12.4. The molecule has 1 saturated heterocycles. The van der Waals surface area contributed by atoms with Gasteiger partial charge in [0.1, 0.15) is 0 Å². The Morgan fingerprint density at radius 1 is 1.35 bits per heavy atom. The standard InChI is InChI=1S/C14H26N2O3S/c1-11(4-5-12(17)18)6-8-15-13(19)16-10-14(2)7-3-9-20-14/h11H,3-10H2,1-2H3,(H,17,18)(H2,15,16,19). The van der Waals surface area contributed by atoms with Gasteiger partial charge >= 0.3 is 12.0 Å². The van der Waals surface area contributed by atoms with E-state index in [1.165, 1.54) is 12.2 Å². The highest BCUT2D eigenvalue weighted by molar-refractivity contribution is 8.00. The Bertz CT molecular complexity index is 330. The van der Waals surface area contributed by atoms with Gasteiger partial charge in [0.15, 0.2) is 0 Å². The van der Waals surface area contributed by atoms with Gasteiger partial charge in [-0.3, -0.25) is 4.79 Å². The molecule has 0 spiro atoms. The molecule has 2 atom stereocenters. The lowest BCUT2D eigenvalue weighted by Gasteiger charge is -2.23. The summed E-state index contributed by atoms with van der Waals surface area (Å²) in [4.78, 5) is 22.1. The maximum Gasteiger partial charge on any atom is 0.314 e. The predicted molar refractivity (Wildman–Crippen MR) is 82.1 cm³/mol. The summed E-state index contributed by atoms with van der Waals surface area (Å²) in [5.41, 5.74) is 0. The van der Waals surface area contributed by atoms with Crippen molar-refractivity contribution in [3.05, 3.63) is 0 Å². The summed E-state index contributed by atoms with van der Waals surface area (Å²) >= 11 is 1.93. The second-order valence-corrected chi connectivity index (χ2v) is 7.52. The van der Waals surface area contributed by atoms with Crippen LogP contribution in [-0.4, -0.2) is 40.7 Å². The molecule has 6 heteroatoms. The molecule has 0 aromatic carbocycles. The van der Waals surface area contributed by atoms with E-state index in [0.717, 1.165) is 12.8 Å². The summed E-state index contributed by atoms with van der Waals surface area (Å²) in [6.07, 6.45) is 4.05. The molecular weight excluding hydrogens is 276 g/mol. The predicted octanol–water partition coefficient (Wildman–Crippen LogP) is 2.46. The van der Waals surface area contributed by atoms with Crippen LogP contribution in [0.3, 0.4) is 0 Å². The van der Waals surface area contributed by atoms with Crippen molar-refractivity contribution in [2.24, 2.45) is 5.92 Å². The Kier molecular flexibility index (Phi) is 7.19. The number of hydrogen-bond donors (Lipinski definition) is 3. The number of aliphatic carboxylic acids is 1. The van der Waals surface area contributed by atoms with Crippen LogP contribution in [0.5, 0.6) is 0 Å². The first-order chi connectivity index (χ1) is 9.41. The van der Waals surface area contributed by atoms with E-state index in [9.17, 15) is 9.59 Å². The monoisotopic (exact) mass is 302 g/mol. The normalized spacial score (nSPS) is 23.3. The van der Waals surface area contributed by atoms with Crippen molar-refractivity contribution < 1.29 is 14.7 Å². The smallest absolute Gasteiger partial charge is 0.314 e. The van der Waals surface area contributed by atoms with Gasteiger partial charge in [0.25, 0.3) is 0 Å². The number of carbonyl (C=O) groups is 2. The van der Waals surface area contributed by atoms with Crippen LogP contribution in [0.15, 0.2) is 0 Å². The Morgan fingerprint density at radius 2 is 2.10 bits per heavy atom. The molecule has 5 nitrogen and oxygen atoms in total. The summed E-state index contributed by atoms with van der Waals surface area (Å²) in [6.45, 7) is 5.51. The molecule has 0 bridgehead atoms. The molecule has 0 aromatic heterocycles. The number of nitrogens with one attached hydrogen (secondary N) is 2. The van der Waals surface area contributed by atoms with Crippen LogP contribution < -0.4 is 10.6 Å². The molecule has 3 N–H and O–H groups in total. The number of rotatable bonds is 8. The molecule has 2 amide bonds. The molecule has 1 fully saturated rings. The van der Waals surface area contributed by atoms with Crippen LogP contribution in [0, 0.1) is 5.92 Å². The molecule has 20 heavy (non-hydrogen) atoms. The fourth-order valence-corrected chi connectivity index (χ4v) is 3.50. The quantitative estimate of drug-likeness (QED) is 0.643. The van der Waals surface area contributed by atoms with E-state index in [4.69, 9.17) is 5.11 Å². The second-order valence-electron chi connectivity index (χ2n) is 5.84. The van der Waals surface area contributed by atoms with Gasteiger partial charge in [-0.25, -0.2) is 4.79 Å². The van der Waals surface area contributed by atoms with Crippen molar-refractivity contribution in [3.63, 3.8) is 0 Å². The lowest BCUT2D eigenvalue weighted by molar-refractivity contribution is -0.137. The fraction of sp³-hybridized carbons (Fsp3) is 0.857. The molecule has 1 aliphatic heterocycles. The average molecular weight is 302 g/mol. The van der Waals surface area contributed by atoms with Crippen molar-refractivity contribution in [2.45, 2.75) is 50.7 Å². The van der Waals surface area contributed by atoms with Gasteiger partial charge in [0.05, 0.1) is 0 Å². The summed E-state index contributed by atoms with van der Waals surface area (Å²) < 4.78 is 0.187. The van der Waals surface area contributed by atoms with Crippen LogP contribution in [0.1, 0.15) is 46.0 Å². The van der Waals surface area contributed by atoms with Crippen LogP contribution in [0.25, 0.3) is 0 Å². The number of amides is 2. The van der Waals surface area contributed by atoms with Gasteiger partial charge in [-0.15, -0.1) is 0 Å². The third-order valence-corrected chi connectivity index (χ3v) is 5.24. The first-order valence-electron chi connectivity index (χ1n) is 7.29. The third kappa shape index (κ3) is 7.03. The van der Waals surface area contributed by atoms with E-state index < -0.39 is 5.97 Å². The van der Waals surface area contributed by atoms with Gasteiger partial charge in [-0.05, 0) is 44.3 Å². The van der Waals surface area contributed by atoms with E-state index in [2.05, 4.69) is 17.6 Å². The lowest BCUT2D eigenvalue weighted by Crippen LogP contribution is -2.42. The number of thioether (sulfide) groups is 1. The van der Waals surface area contributed by atoms with E-state index in [-0.39, 0.29) is 17.2 Å². The van der Waals surface area contributed by atoms with Crippen molar-refractivity contribution in [1.82, 2.24) is 10.6 Å². The molecule has 0 aliphatic carbocycles. The van der Waals surface area contributed by atoms with Crippen LogP contribution in [0.4, 0.5) is 4.79 Å². The minimum atomic E-state index is -0.759. The number of carboxylic acid groups (broad SMARTS) is 1. The Hall–Kier alpha value is -0.910. The van der Waals surface area contributed by atoms with Crippen LogP contribution in [0.2, 0.25) is 0 Å². The highest BCUT2D eigenvalue weighted by atomic mass is 32.2. The first kappa shape index (κ1) is 17.1. The van der Waals surface area contributed by atoms with Gasteiger partial charge < -0.3 is 15.7 Å². The fourth-order valence-electron chi connectivity index (χ4n) is 2.25. The van der Waals surface area contributed by atoms with Crippen molar-refractivity contribution in [2.75, 3.05) is 18.8 Å². The Labute approximate surface area is 125 Å². The minimum Gasteiger partial charge on any atom is -0.481 e. The van der Waals surface area contributed by atoms with E-state index in [1.807, 2.05) is 18.7 Å². The zero-order valence-corrected chi connectivity index (χ0v) is 13.2. The molecule has 1 aliphatic rings. The number of carbonyl (C=O) groups excluding carboxylic acids is 1. The second kappa shape index (κ2) is 8.39. The van der Waals surface area contributed by atoms with Crippen molar-refractivity contribution in [3.8, 4) is 0 Å². The highest BCUT2D eigenvalue weighted by Crippen LogP contribution is 2.36. The van der Waals surface area contributed by atoms with E-state index in [0.29, 0.717) is 25.4 Å². The van der Waals surface area contributed by atoms with Gasteiger partial charge in [0.2, 0.25) is 0 Å². The molecule has 0 radical (unpaired) electrons. The largest absolute Gasteiger partial charge is 0.481 e. The summed E-state index contributed by atoms with van der Waals surface area (Å²) in [7, 11) is 0. The molecule has 116 valence electrons. The number of urea groups is 1. The summed E-state index contributed by atoms with van der Waals surface area (Å²) in [5, 5.41) is 14.4. The molecule has 2 unspecified atom stereocenters. The molecule has 0 aromatic rings. The third-order valence-electron chi connectivity index (χ3n) is 3.70. The Morgan fingerprint density at radius 3 is 2.70 bits per heavy atom. The average Bonchev–Trinajstić information content (AvgIpc) is 2.81. The van der Waals surface area contributed by atoms with Gasteiger partial charge in [-0.2, -0.15) is 11.8 Å². The van der Waals surface area contributed by atoms with Gasteiger partial charge in [-0.1, -0.05) is 6.92 Å². The van der Waals surface area contributed by atoms with Gasteiger partial charge in [0, 0.05) is 24.3 Å². The molecular formula is C14H26N2O3S. The SMILES string of the molecule is CC(CCNC(=O)NCC1(C)CCCS1)CCC(=O)O. The first-order valence-corrected chi connectivity index (χ1v) is 8.27.